The average Bonchev–Trinajstić information content (AvgIpc) is 3.02. The third kappa shape index (κ3) is 2.45. The van der Waals surface area contributed by atoms with Crippen molar-refractivity contribution < 1.29 is 5.11 Å². The number of aliphatic hydroxyl groups is 1. The van der Waals surface area contributed by atoms with E-state index in [1.54, 1.807) is 11.3 Å². The summed E-state index contributed by atoms with van der Waals surface area (Å²) in [5.74, 6) is 0.390. The Balaban J connectivity index is 1.78. The fourth-order valence-corrected chi connectivity index (χ4v) is 4.25. The summed E-state index contributed by atoms with van der Waals surface area (Å²) < 4.78 is 1.35. The van der Waals surface area contributed by atoms with Crippen molar-refractivity contribution in [2.24, 2.45) is 0 Å². The summed E-state index contributed by atoms with van der Waals surface area (Å²) in [6.07, 6.45) is 0. The second-order valence-electron chi connectivity index (χ2n) is 5.93. The molecule has 0 spiro atoms. The number of thiophene rings is 1. The highest BCUT2D eigenvalue weighted by atomic mass is 32.1. The molecule has 1 aliphatic heterocycles. The van der Waals surface area contributed by atoms with Gasteiger partial charge in [-0.05, 0) is 45.7 Å². The highest BCUT2D eigenvalue weighted by molar-refractivity contribution is 7.17. The van der Waals surface area contributed by atoms with E-state index in [0.29, 0.717) is 5.92 Å². The van der Waals surface area contributed by atoms with Gasteiger partial charge in [-0.2, -0.15) is 0 Å². The lowest BCUT2D eigenvalue weighted by atomic mass is 9.84. The molecule has 112 valence electrons. The van der Waals surface area contributed by atoms with Gasteiger partial charge in [-0.25, -0.2) is 0 Å². The molecule has 2 aromatic carbocycles. The second kappa shape index (κ2) is 5.84. The smallest absolute Gasteiger partial charge is 0.0558 e. The Morgan fingerprint density at radius 1 is 1.14 bits per heavy atom. The lowest BCUT2D eigenvalue weighted by Gasteiger charge is -2.34. The topological polar surface area (TPSA) is 23.5 Å². The molecule has 0 fully saturated rings. The minimum Gasteiger partial charge on any atom is -0.395 e. The first-order chi connectivity index (χ1) is 10.8. The van der Waals surface area contributed by atoms with Gasteiger partial charge in [-0.1, -0.05) is 30.3 Å². The molecule has 1 aliphatic rings. The van der Waals surface area contributed by atoms with Gasteiger partial charge in [0.05, 0.1) is 6.61 Å². The van der Waals surface area contributed by atoms with E-state index in [9.17, 15) is 5.11 Å². The van der Waals surface area contributed by atoms with Crippen molar-refractivity contribution in [3.05, 3.63) is 70.6 Å². The molecule has 0 saturated heterocycles. The Labute approximate surface area is 134 Å². The summed E-state index contributed by atoms with van der Waals surface area (Å²) in [5.41, 5.74) is 4.20. The van der Waals surface area contributed by atoms with Crippen LogP contribution in [0.4, 0.5) is 0 Å². The lowest BCUT2D eigenvalue weighted by molar-refractivity contribution is 0.178. The zero-order valence-corrected chi connectivity index (χ0v) is 13.2. The van der Waals surface area contributed by atoms with E-state index in [0.717, 1.165) is 19.6 Å². The second-order valence-corrected chi connectivity index (χ2v) is 6.88. The number of aliphatic hydroxyl groups excluding tert-OH is 1. The van der Waals surface area contributed by atoms with Crippen molar-refractivity contribution in [2.45, 2.75) is 12.5 Å². The molecular formula is C19H19NOS. The highest BCUT2D eigenvalue weighted by Gasteiger charge is 2.26. The monoisotopic (exact) mass is 309 g/mol. The van der Waals surface area contributed by atoms with Crippen LogP contribution in [0.25, 0.3) is 10.1 Å². The molecule has 2 heterocycles. The van der Waals surface area contributed by atoms with Crippen LogP contribution in [0.5, 0.6) is 0 Å². The minimum atomic E-state index is 0.221. The van der Waals surface area contributed by atoms with Gasteiger partial charge in [-0.15, -0.1) is 11.3 Å². The number of β-amino-alcohol motifs (C(OH)–C–C–N with tert-alkyl or cyclic N) is 1. The first-order valence-corrected chi connectivity index (χ1v) is 8.61. The normalized spacial score (nSPS) is 18.5. The van der Waals surface area contributed by atoms with E-state index in [-0.39, 0.29) is 6.61 Å². The number of nitrogens with zero attached hydrogens (tertiary/aromatic N) is 1. The predicted molar refractivity (Wildman–Crippen MR) is 92.5 cm³/mol. The zero-order valence-electron chi connectivity index (χ0n) is 12.4. The van der Waals surface area contributed by atoms with Crippen LogP contribution in [0.1, 0.15) is 22.6 Å². The summed E-state index contributed by atoms with van der Waals surface area (Å²) >= 11 is 1.79. The van der Waals surface area contributed by atoms with Gasteiger partial charge >= 0.3 is 0 Å². The quantitative estimate of drug-likeness (QED) is 0.794. The maximum Gasteiger partial charge on any atom is 0.0558 e. The maximum absolute atomic E-state index is 9.30. The Morgan fingerprint density at radius 2 is 2.05 bits per heavy atom. The maximum atomic E-state index is 9.30. The standard InChI is InChI=1S/C19H19NOS/c21-9-8-20-12-16-3-1-2-4-17(16)18(13-20)14-5-6-19-15(11-14)7-10-22-19/h1-7,10-11,18,21H,8-9,12-13H2. The number of rotatable bonds is 3. The van der Waals surface area contributed by atoms with Crippen molar-refractivity contribution in [3.8, 4) is 0 Å². The molecule has 1 atom stereocenters. The molecule has 4 rings (SSSR count). The van der Waals surface area contributed by atoms with Crippen LogP contribution in [0.3, 0.4) is 0 Å². The summed E-state index contributed by atoms with van der Waals surface area (Å²) in [6.45, 7) is 2.88. The average molecular weight is 309 g/mol. The molecule has 1 unspecified atom stereocenters. The molecule has 0 radical (unpaired) electrons. The summed E-state index contributed by atoms with van der Waals surface area (Å²) in [4.78, 5) is 2.35. The molecular weight excluding hydrogens is 290 g/mol. The zero-order chi connectivity index (χ0) is 14.9. The van der Waals surface area contributed by atoms with Gasteiger partial charge in [0.1, 0.15) is 0 Å². The molecule has 3 aromatic rings. The van der Waals surface area contributed by atoms with E-state index in [4.69, 9.17) is 0 Å². The Morgan fingerprint density at radius 3 is 2.95 bits per heavy atom. The van der Waals surface area contributed by atoms with Crippen LogP contribution in [0, 0.1) is 0 Å². The lowest BCUT2D eigenvalue weighted by Crippen LogP contribution is -2.35. The van der Waals surface area contributed by atoms with Gasteiger partial charge in [0, 0.05) is 30.3 Å². The van der Waals surface area contributed by atoms with E-state index >= 15 is 0 Å². The number of hydrogen-bond acceptors (Lipinski definition) is 3. The van der Waals surface area contributed by atoms with Gasteiger partial charge in [0.15, 0.2) is 0 Å². The molecule has 1 N–H and O–H groups in total. The van der Waals surface area contributed by atoms with E-state index < -0.39 is 0 Å². The Kier molecular flexibility index (Phi) is 3.70. The van der Waals surface area contributed by atoms with Gasteiger partial charge in [-0.3, -0.25) is 4.90 Å². The third-order valence-electron chi connectivity index (χ3n) is 4.56. The molecule has 0 saturated carbocycles. The molecule has 0 amide bonds. The summed E-state index contributed by atoms with van der Waals surface area (Å²) in [6, 6.07) is 17.8. The Hall–Kier alpha value is -1.68. The molecule has 0 aliphatic carbocycles. The Bertz CT molecular complexity index is 795. The first-order valence-electron chi connectivity index (χ1n) is 7.73. The molecule has 3 heteroatoms. The van der Waals surface area contributed by atoms with Crippen LogP contribution in [-0.2, 0) is 6.54 Å². The van der Waals surface area contributed by atoms with Crippen LogP contribution in [0.15, 0.2) is 53.9 Å². The van der Waals surface area contributed by atoms with Crippen molar-refractivity contribution >= 4 is 21.4 Å². The van der Waals surface area contributed by atoms with Crippen molar-refractivity contribution in [1.82, 2.24) is 4.90 Å². The summed E-state index contributed by atoms with van der Waals surface area (Å²) in [5, 5.41) is 12.8. The van der Waals surface area contributed by atoms with Gasteiger partial charge in [0.25, 0.3) is 0 Å². The van der Waals surface area contributed by atoms with Crippen molar-refractivity contribution in [3.63, 3.8) is 0 Å². The van der Waals surface area contributed by atoms with Crippen LogP contribution >= 0.6 is 11.3 Å². The number of hydrogen-bond donors (Lipinski definition) is 1. The molecule has 22 heavy (non-hydrogen) atoms. The van der Waals surface area contributed by atoms with Gasteiger partial charge < -0.3 is 5.11 Å². The van der Waals surface area contributed by atoms with Crippen LogP contribution < -0.4 is 0 Å². The van der Waals surface area contributed by atoms with Crippen LogP contribution in [0.2, 0.25) is 0 Å². The van der Waals surface area contributed by atoms with E-state index in [1.165, 1.54) is 26.8 Å². The molecule has 1 aromatic heterocycles. The number of fused-ring (bicyclic) bond motifs is 2. The number of benzene rings is 2. The van der Waals surface area contributed by atoms with Crippen molar-refractivity contribution in [1.29, 1.82) is 0 Å². The van der Waals surface area contributed by atoms with Gasteiger partial charge in [0.2, 0.25) is 0 Å². The predicted octanol–water partition coefficient (Wildman–Crippen LogP) is 3.84. The van der Waals surface area contributed by atoms with E-state index in [2.05, 4.69) is 58.8 Å². The summed E-state index contributed by atoms with van der Waals surface area (Å²) in [7, 11) is 0. The third-order valence-corrected chi connectivity index (χ3v) is 5.46. The largest absolute Gasteiger partial charge is 0.395 e. The van der Waals surface area contributed by atoms with Crippen LogP contribution in [-0.4, -0.2) is 29.7 Å². The first kappa shape index (κ1) is 13.9. The SMILES string of the molecule is OCCN1Cc2ccccc2C(c2ccc3sccc3c2)C1. The highest BCUT2D eigenvalue weighted by Crippen LogP contribution is 2.35. The fraction of sp³-hybridized carbons (Fsp3) is 0.263. The molecule has 2 nitrogen and oxygen atoms in total. The fourth-order valence-electron chi connectivity index (χ4n) is 3.48. The van der Waals surface area contributed by atoms with E-state index in [1.807, 2.05) is 0 Å². The minimum absolute atomic E-state index is 0.221. The molecule has 0 bridgehead atoms. The van der Waals surface area contributed by atoms with Crippen molar-refractivity contribution in [2.75, 3.05) is 19.7 Å².